The molecule has 1 atom stereocenters. The Morgan fingerprint density at radius 3 is 2.48 bits per heavy atom. The average Bonchev–Trinajstić information content (AvgIpc) is 3.32. The zero-order chi connectivity index (χ0) is 17.2. The second-order valence-electron chi connectivity index (χ2n) is 5.82. The highest BCUT2D eigenvalue weighted by Crippen LogP contribution is 2.30. The fourth-order valence-electron chi connectivity index (χ4n) is 2.86. The molecule has 6 nitrogen and oxygen atoms in total. The monoisotopic (exact) mass is 333 g/mol. The van der Waals surface area contributed by atoms with Gasteiger partial charge in [0.1, 0.15) is 17.6 Å². The van der Waals surface area contributed by atoms with E-state index in [1.54, 1.807) is 12.1 Å². The van der Waals surface area contributed by atoms with Gasteiger partial charge >= 0.3 is 0 Å². The highest BCUT2D eigenvalue weighted by molar-refractivity contribution is 6.01. The van der Waals surface area contributed by atoms with Crippen LogP contribution in [0, 0.1) is 10.1 Å². The highest BCUT2D eigenvalue weighted by Gasteiger charge is 2.24. The third-order valence-electron chi connectivity index (χ3n) is 4.19. The van der Waals surface area contributed by atoms with E-state index in [4.69, 9.17) is 4.42 Å². The minimum Gasteiger partial charge on any atom is -0.459 e. The average molecular weight is 333 g/mol. The number of rotatable bonds is 4. The van der Waals surface area contributed by atoms with Crippen LogP contribution in [-0.2, 0) is 0 Å². The van der Waals surface area contributed by atoms with E-state index in [1.165, 1.54) is 12.1 Å². The van der Waals surface area contributed by atoms with Gasteiger partial charge < -0.3 is 4.42 Å². The maximum Gasteiger partial charge on any atom is 0.269 e. The number of non-ortho nitro benzene ring substituents is 1. The van der Waals surface area contributed by atoms with Crippen molar-refractivity contribution in [1.82, 2.24) is 5.43 Å². The summed E-state index contributed by atoms with van der Waals surface area (Å²) in [5.74, 6) is 1.47. The summed E-state index contributed by atoms with van der Waals surface area (Å²) in [5.41, 5.74) is 6.08. The lowest BCUT2D eigenvalue weighted by atomic mass is 10.0. The van der Waals surface area contributed by atoms with E-state index in [0.29, 0.717) is 5.76 Å². The first-order valence-corrected chi connectivity index (χ1v) is 7.93. The summed E-state index contributed by atoms with van der Waals surface area (Å²) >= 11 is 0. The molecule has 0 saturated carbocycles. The molecule has 0 saturated heterocycles. The number of nitro groups is 1. The van der Waals surface area contributed by atoms with E-state index < -0.39 is 4.92 Å². The van der Waals surface area contributed by atoms with Crippen molar-refractivity contribution in [1.29, 1.82) is 0 Å². The van der Waals surface area contributed by atoms with Crippen LogP contribution in [0.1, 0.15) is 23.8 Å². The van der Waals surface area contributed by atoms with Gasteiger partial charge in [0, 0.05) is 24.1 Å². The van der Waals surface area contributed by atoms with Gasteiger partial charge in [-0.3, -0.25) is 15.5 Å². The Kier molecular flexibility index (Phi) is 3.78. The van der Waals surface area contributed by atoms with Crippen molar-refractivity contribution in [3.05, 3.63) is 88.2 Å². The molecule has 3 aromatic rings. The molecule has 1 aliphatic rings. The molecule has 1 N–H and O–H groups in total. The first-order chi connectivity index (χ1) is 12.2. The predicted molar refractivity (Wildman–Crippen MR) is 94.3 cm³/mol. The van der Waals surface area contributed by atoms with Gasteiger partial charge in [-0.2, -0.15) is 5.10 Å². The van der Waals surface area contributed by atoms with Crippen LogP contribution < -0.4 is 5.43 Å². The molecule has 6 heteroatoms. The van der Waals surface area contributed by atoms with Crippen molar-refractivity contribution in [3.63, 3.8) is 0 Å². The van der Waals surface area contributed by atoms with Crippen LogP contribution >= 0.6 is 0 Å². The fourth-order valence-corrected chi connectivity index (χ4v) is 2.86. The molecule has 0 radical (unpaired) electrons. The van der Waals surface area contributed by atoms with Gasteiger partial charge in [0.25, 0.3) is 5.69 Å². The molecule has 1 aliphatic heterocycles. The quantitative estimate of drug-likeness (QED) is 0.570. The molecule has 0 amide bonds. The smallest absolute Gasteiger partial charge is 0.269 e. The summed E-state index contributed by atoms with van der Waals surface area (Å²) in [6, 6.07) is 20.1. The summed E-state index contributed by atoms with van der Waals surface area (Å²) in [6.07, 6.45) is 0.747. The van der Waals surface area contributed by atoms with Gasteiger partial charge in [-0.1, -0.05) is 30.3 Å². The Bertz CT molecular complexity index is 930. The van der Waals surface area contributed by atoms with Gasteiger partial charge in [0.15, 0.2) is 0 Å². The summed E-state index contributed by atoms with van der Waals surface area (Å²) in [5, 5.41) is 15.1. The number of hydrogen-bond donors (Lipinski definition) is 1. The maximum atomic E-state index is 10.7. The molecule has 0 spiro atoms. The number of furan rings is 1. The number of nitro benzene ring substituents is 1. The molecule has 1 unspecified atom stereocenters. The summed E-state index contributed by atoms with van der Waals surface area (Å²) in [6.45, 7) is 0. The molecule has 0 aliphatic carbocycles. The molecule has 0 fully saturated rings. The molecule has 124 valence electrons. The minimum atomic E-state index is -0.414. The van der Waals surface area contributed by atoms with Crippen molar-refractivity contribution in [2.75, 3.05) is 0 Å². The largest absolute Gasteiger partial charge is 0.459 e. The number of nitrogens with zero attached hydrogens (tertiary/aromatic N) is 2. The van der Waals surface area contributed by atoms with Crippen LogP contribution in [0.2, 0.25) is 0 Å². The molecule has 2 aromatic carbocycles. The van der Waals surface area contributed by atoms with Crippen molar-refractivity contribution >= 4 is 11.4 Å². The maximum absolute atomic E-state index is 10.7. The van der Waals surface area contributed by atoms with Crippen LogP contribution in [0.4, 0.5) is 5.69 Å². The van der Waals surface area contributed by atoms with E-state index >= 15 is 0 Å². The third-order valence-corrected chi connectivity index (χ3v) is 4.19. The van der Waals surface area contributed by atoms with Crippen molar-refractivity contribution in [2.24, 2.45) is 5.10 Å². The standard InChI is InChI=1S/C19H15N3O3/c23-22(24)15-8-6-14(7-9-15)18-10-11-19(25-18)17-12-16(20-21-17)13-4-2-1-3-5-13/h1-11,17,21H,12H2. The Morgan fingerprint density at radius 1 is 1.00 bits per heavy atom. The molecule has 0 bridgehead atoms. The van der Waals surface area contributed by atoms with Gasteiger partial charge in [-0.05, 0) is 29.8 Å². The Balaban J connectivity index is 1.50. The zero-order valence-corrected chi connectivity index (χ0v) is 13.3. The van der Waals surface area contributed by atoms with Gasteiger partial charge in [0.05, 0.1) is 10.6 Å². The number of hydrogen-bond acceptors (Lipinski definition) is 5. The first kappa shape index (κ1) is 15.1. The van der Waals surface area contributed by atoms with Crippen molar-refractivity contribution in [2.45, 2.75) is 12.5 Å². The highest BCUT2D eigenvalue weighted by atomic mass is 16.6. The number of hydrazone groups is 1. The van der Waals surface area contributed by atoms with Gasteiger partial charge in [0.2, 0.25) is 0 Å². The van der Waals surface area contributed by atoms with Crippen LogP contribution in [-0.4, -0.2) is 10.6 Å². The normalized spacial score (nSPS) is 16.3. The first-order valence-electron chi connectivity index (χ1n) is 7.93. The molecule has 2 heterocycles. The topological polar surface area (TPSA) is 80.7 Å². The van der Waals surface area contributed by atoms with Crippen LogP contribution in [0.3, 0.4) is 0 Å². The molecular formula is C19H15N3O3. The van der Waals surface area contributed by atoms with Crippen LogP contribution in [0.25, 0.3) is 11.3 Å². The Morgan fingerprint density at radius 2 is 1.76 bits per heavy atom. The lowest BCUT2D eigenvalue weighted by Crippen LogP contribution is -2.08. The van der Waals surface area contributed by atoms with E-state index in [1.807, 2.05) is 42.5 Å². The zero-order valence-electron chi connectivity index (χ0n) is 13.3. The lowest BCUT2D eigenvalue weighted by molar-refractivity contribution is -0.384. The molecule has 1 aromatic heterocycles. The predicted octanol–water partition coefficient (Wildman–Crippen LogP) is 4.29. The third kappa shape index (κ3) is 3.01. The van der Waals surface area contributed by atoms with E-state index in [2.05, 4.69) is 10.5 Å². The second kappa shape index (κ2) is 6.24. The summed E-state index contributed by atoms with van der Waals surface area (Å²) in [4.78, 5) is 10.3. The van der Waals surface area contributed by atoms with E-state index in [-0.39, 0.29) is 11.7 Å². The fraction of sp³-hybridized carbons (Fsp3) is 0.105. The second-order valence-corrected chi connectivity index (χ2v) is 5.82. The number of benzene rings is 2. The SMILES string of the molecule is O=[N+]([O-])c1ccc(-c2ccc(C3CC(c4ccccc4)=NN3)o2)cc1. The van der Waals surface area contributed by atoms with Crippen molar-refractivity contribution in [3.8, 4) is 11.3 Å². The lowest BCUT2D eigenvalue weighted by Gasteiger charge is -2.06. The van der Waals surface area contributed by atoms with Gasteiger partial charge in [-0.15, -0.1) is 0 Å². The minimum absolute atomic E-state index is 0.0120. The summed E-state index contributed by atoms with van der Waals surface area (Å²) in [7, 11) is 0. The Hall–Kier alpha value is -3.41. The van der Waals surface area contributed by atoms with Crippen LogP contribution in [0.15, 0.2) is 76.2 Å². The van der Waals surface area contributed by atoms with E-state index in [9.17, 15) is 10.1 Å². The van der Waals surface area contributed by atoms with Gasteiger partial charge in [-0.25, -0.2) is 0 Å². The van der Waals surface area contributed by atoms with Crippen molar-refractivity contribution < 1.29 is 9.34 Å². The molecule has 4 rings (SSSR count). The summed E-state index contributed by atoms with van der Waals surface area (Å²) < 4.78 is 5.93. The Labute approximate surface area is 143 Å². The van der Waals surface area contributed by atoms with E-state index in [0.717, 1.165) is 29.0 Å². The van der Waals surface area contributed by atoms with Crippen LogP contribution in [0.5, 0.6) is 0 Å². The molecular weight excluding hydrogens is 318 g/mol. The molecule has 25 heavy (non-hydrogen) atoms. The number of nitrogens with one attached hydrogen (secondary N) is 1.